The first kappa shape index (κ1) is 20.2. The van der Waals surface area contributed by atoms with Gasteiger partial charge in [-0.25, -0.2) is 9.97 Å². The predicted octanol–water partition coefficient (Wildman–Crippen LogP) is 5.14. The number of nitrogens with zero attached hydrogens (tertiary/aromatic N) is 4. The molecule has 3 aromatic carbocycles. The summed E-state index contributed by atoms with van der Waals surface area (Å²) in [5.41, 5.74) is 3.93. The van der Waals surface area contributed by atoms with Gasteiger partial charge in [-0.15, -0.1) is 0 Å². The Morgan fingerprint density at radius 1 is 0.794 bits per heavy atom. The number of anilines is 1. The second kappa shape index (κ2) is 8.48. The maximum Gasteiger partial charge on any atom is 0.266 e. The van der Waals surface area contributed by atoms with E-state index in [0.29, 0.717) is 22.6 Å². The van der Waals surface area contributed by atoms with E-state index in [2.05, 4.69) is 34.1 Å². The highest BCUT2D eigenvalue weighted by Crippen LogP contribution is 2.24. The van der Waals surface area contributed by atoms with Crippen LogP contribution in [0.1, 0.15) is 11.1 Å². The van der Waals surface area contributed by atoms with Gasteiger partial charge in [0.25, 0.3) is 5.56 Å². The smallest absolute Gasteiger partial charge is 0.266 e. The van der Waals surface area contributed by atoms with Crippen LogP contribution in [0.25, 0.3) is 16.6 Å². The number of benzene rings is 3. The van der Waals surface area contributed by atoms with Crippen molar-refractivity contribution in [2.75, 3.05) is 11.4 Å². The van der Waals surface area contributed by atoms with Crippen LogP contribution in [0.2, 0.25) is 0 Å². The number of aromatic nitrogens is 3. The van der Waals surface area contributed by atoms with E-state index in [1.54, 1.807) is 17.0 Å². The lowest BCUT2D eigenvalue weighted by Gasteiger charge is -2.28. The zero-order valence-corrected chi connectivity index (χ0v) is 18.5. The van der Waals surface area contributed by atoms with Gasteiger partial charge in [0.1, 0.15) is 11.5 Å². The molecule has 2 aromatic heterocycles. The summed E-state index contributed by atoms with van der Waals surface area (Å²) in [6, 6.07) is 27.4. The van der Waals surface area contributed by atoms with Gasteiger partial charge in [-0.05, 0) is 60.0 Å². The van der Waals surface area contributed by atoms with Crippen molar-refractivity contribution in [2.24, 2.45) is 0 Å². The molecule has 0 N–H and O–H groups in total. The van der Waals surface area contributed by atoms with Crippen LogP contribution in [0, 0.1) is 0 Å². The lowest BCUT2D eigenvalue weighted by atomic mass is 10.0. The van der Waals surface area contributed by atoms with E-state index in [0.717, 1.165) is 30.9 Å². The second-order valence-corrected chi connectivity index (χ2v) is 8.31. The van der Waals surface area contributed by atoms with E-state index in [4.69, 9.17) is 9.72 Å². The van der Waals surface area contributed by atoms with Crippen molar-refractivity contribution < 1.29 is 4.74 Å². The van der Waals surface area contributed by atoms with Gasteiger partial charge < -0.3 is 9.64 Å². The van der Waals surface area contributed by atoms with Crippen LogP contribution >= 0.6 is 0 Å². The number of rotatable bonds is 4. The predicted molar refractivity (Wildman–Crippen MR) is 133 cm³/mol. The minimum atomic E-state index is -0.148. The van der Waals surface area contributed by atoms with Gasteiger partial charge in [-0.3, -0.25) is 9.36 Å². The molecular formula is C28H22N4O2. The number of hydrogen-bond acceptors (Lipinski definition) is 5. The van der Waals surface area contributed by atoms with Crippen LogP contribution in [-0.4, -0.2) is 21.1 Å². The normalized spacial score (nSPS) is 13.0. The molecule has 0 amide bonds. The highest BCUT2D eigenvalue weighted by molar-refractivity contribution is 5.78. The minimum absolute atomic E-state index is 0.148. The molecule has 1 aliphatic heterocycles. The molecule has 0 saturated heterocycles. The molecule has 0 unspecified atom stereocenters. The molecule has 34 heavy (non-hydrogen) atoms. The van der Waals surface area contributed by atoms with Crippen LogP contribution in [0.4, 0.5) is 5.95 Å². The van der Waals surface area contributed by atoms with E-state index < -0.39 is 0 Å². The maximum atomic E-state index is 13.2. The largest absolute Gasteiger partial charge is 0.457 e. The van der Waals surface area contributed by atoms with Crippen LogP contribution in [0.5, 0.6) is 11.5 Å². The summed E-state index contributed by atoms with van der Waals surface area (Å²) in [6.45, 7) is 1.63. The van der Waals surface area contributed by atoms with Crippen molar-refractivity contribution >= 4 is 16.9 Å². The summed E-state index contributed by atoms with van der Waals surface area (Å²) in [4.78, 5) is 24.6. The van der Waals surface area contributed by atoms with E-state index in [1.165, 1.54) is 11.1 Å². The number of para-hydroxylation sites is 1. The summed E-state index contributed by atoms with van der Waals surface area (Å²) >= 11 is 0. The van der Waals surface area contributed by atoms with Gasteiger partial charge >= 0.3 is 0 Å². The summed E-state index contributed by atoms with van der Waals surface area (Å²) < 4.78 is 7.46. The number of ether oxygens (including phenoxy) is 1. The van der Waals surface area contributed by atoms with Gasteiger partial charge in [-0.1, -0.05) is 42.5 Å². The average molecular weight is 447 g/mol. The quantitative estimate of drug-likeness (QED) is 0.383. The molecule has 6 rings (SSSR count). The van der Waals surface area contributed by atoms with Gasteiger partial charge in [0.2, 0.25) is 5.95 Å². The van der Waals surface area contributed by atoms with Gasteiger partial charge in [0, 0.05) is 31.2 Å². The Balaban J connectivity index is 1.27. The number of fused-ring (bicyclic) bond motifs is 2. The third-order valence-corrected chi connectivity index (χ3v) is 6.14. The molecule has 0 bridgehead atoms. The Bertz CT molecular complexity index is 1530. The molecule has 1 aliphatic rings. The van der Waals surface area contributed by atoms with Gasteiger partial charge in [0.15, 0.2) is 0 Å². The van der Waals surface area contributed by atoms with Crippen molar-refractivity contribution in [3.05, 3.63) is 119 Å². The van der Waals surface area contributed by atoms with Crippen molar-refractivity contribution in [1.29, 1.82) is 0 Å². The molecule has 6 nitrogen and oxygen atoms in total. The fourth-order valence-electron chi connectivity index (χ4n) is 4.34. The van der Waals surface area contributed by atoms with Crippen molar-refractivity contribution in [3.63, 3.8) is 0 Å². The maximum absolute atomic E-state index is 13.2. The third kappa shape index (κ3) is 3.79. The zero-order chi connectivity index (χ0) is 22.9. The molecular weight excluding hydrogens is 424 g/mol. The van der Waals surface area contributed by atoms with Crippen molar-refractivity contribution in [2.45, 2.75) is 13.0 Å². The van der Waals surface area contributed by atoms with E-state index in [9.17, 15) is 4.79 Å². The first-order valence-electron chi connectivity index (χ1n) is 11.3. The first-order valence-corrected chi connectivity index (χ1v) is 11.3. The van der Waals surface area contributed by atoms with Crippen molar-refractivity contribution in [1.82, 2.24) is 14.5 Å². The molecule has 0 fully saturated rings. The highest BCUT2D eigenvalue weighted by Gasteiger charge is 2.19. The monoisotopic (exact) mass is 446 g/mol. The van der Waals surface area contributed by atoms with Crippen LogP contribution in [0.3, 0.4) is 0 Å². The van der Waals surface area contributed by atoms with Crippen LogP contribution < -0.4 is 15.2 Å². The van der Waals surface area contributed by atoms with E-state index >= 15 is 0 Å². The zero-order valence-electron chi connectivity index (χ0n) is 18.5. The SMILES string of the molecule is O=c1c2cnc(N3CCc4ccccc4C3)nc2ccn1-c1ccc(Oc2ccccc2)cc1. The molecule has 0 spiro atoms. The number of hydrogen-bond donors (Lipinski definition) is 0. The van der Waals surface area contributed by atoms with Crippen molar-refractivity contribution in [3.8, 4) is 17.2 Å². The fourth-order valence-corrected chi connectivity index (χ4v) is 4.34. The lowest BCUT2D eigenvalue weighted by Crippen LogP contribution is -2.31. The van der Waals surface area contributed by atoms with Gasteiger partial charge in [0.05, 0.1) is 10.9 Å². The Morgan fingerprint density at radius 2 is 1.53 bits per heavy atom. The number of pyridine rings is 1. The Hall–Kier alpha value is -4.45. The highest BCUT2D eigenvalue weighted by atomic mass is 16.5. The molecule has 0 atom stereocenters. The second-order valence-electron chi connectivity index (χ2n) is 8.31. The fraction of sp³-hybridized carbons (Fsp3) is 0.107. The van der Waals surface area contributed by atoms with E-state index in [1.807, 2.05) is 60.7 Å². The Labute approximate surface area is 196 Å². The summed E-state index contributed by atoms with van der Waals surface area (Å²) in [7, 11) is 0. The molecule has 5 aromatic rings. The van der Waals surface area contributed by atoms with Crippen LogP contribution in [-0.2, 0) is 13.0 Å². The Morgan fingerprint density at radius 3 is 2.35 bits per heavy atom. The standard InChI is InChI=1S/C28H22N4O2/c33-27-25-18-29-28(31-16-14-20-6-4-5-7-21(20)19-31)30-26(25)15-17-32(27)22-10-12-24(13-11-22)34-23-8-2-1-3-9-23/h1-13,15,17-18H,14,16,19H2. The van der Waals surface area contributed by atoms with Gasteiger partial charge in [-0.2, -0.15) is 0 Å². The first-order chi connectivity index (χ1) is 16.7. The lowest BCUT2D eigenvalue weighted by molar-refractivity contribution is 0.482. The van der Waals surface area contributed by atoms with Crippen LogP contribution in [0.15, 0.2) is 102 Å². The summed E-state index contributed by atoms with van der Waals surface area (Å²) in [5, 5.41) is 0.494. The minimum Gasteiger partial charge on any atom is -0.457 e. The molecule has 0 radical (unpaired) electrons. The molecule has 0 saturated carbocycles. The molecule has 0 aliphatic carbocycles. The molecule has 3 heterocycles. The van der Waals surface area contributed by atoms with E-state index in [-0.39, 0.29) is 5.56 Å². The summed E-state index contributed by atoms with van der Waals surface area (Å²) in [5.74, 6) is 2.13. The molecule has 166 valence electrons. The summed E-state index contributed by atoms with van der Waals surface area (Å²) in [6.07, 6.45) is 4.37. The third-order valence-electron chi connectivity index (χ3n) is 6.14. The topological polar surface area (TPSA) is 60.2 Å². The average Bonchev–Trinajstić information content (AvgIpc) is 2.90. The molecule has 6 heteroatoms. The Kier molecular flexibility index (Phi) is 5.03.